The number of para-hydroxylation sites is 1. The number of fused-ring (bicyclic) bond motifs is 2. The van der Waals surface area contributed by atoms with E-state index in [1.807, 2.05) is 54.6 Å². The molecule has 0 radical (unpaired) electrons. The molecule has 0 aromatic heterocycles. The third kappa shape index (κ3) is 6.12. The third-order valence-corrected chi connectivity index (χ3v) is 8.47. The molecule has 3 heterocycles. The second kappa shape index (κ2) is 13.0. The van der Waals surface area contributed by atoms with Crippen LogP contribution in [0.1, 0.15) is 27.5 Å². The lowest BCUT2D eigenvalue weighted by molar-refractivity contribution is -0.139. The number of ketones is 1. The molecule has 0 bridgehead atoms. The number of nitrogens with one attached hydrogen (secondary N) is 1. The fourth-order valence-electron chi connectivity index (χ4n) is 6.08. The number of ether oxygens (including phenoxy) is 3. The standard InChI is InChI=1S/C36H32N4O7/c41-32(22-39-29-9-5-4-8-28(29)34(42)36(39)44)40(21-24-6-2-1-3-7-24)33(25-10-15-30-31(20-25)47-23-46-30)35(43)37-26-11-13-27(14-12-26)38-16-18-45-19-17-38/h1-15,20,33H,16-19,21-23H2,(H,37,43). The maximum absolute atomic E-state index is 14.4. The molecular weight excluding hydrogens is 600 g/mol. The minimum absolute atomic E-state index is 0.0440. The van der Waals surface area contributed by atoms with Gasteiger partial charge in [0, 0.05) is 31.0 Å². The van der Waals surface area contributed by atoms with Crippen LogP contribution in [0.5, 0.6) is 11.5 Å². The first-order valence-electron chi connectivity index (χ1n) is 15.4. The molecule has 4 aromatic rings. The van der Waals surface area contributed by atoms with E-state index in [1.54, 1.807) is 42.5 Å². The van der Waals surface area contributed by atoms with E-state index >= 15 is 0 Å². The molecule has 3 aliphatic rings. The molecule has 3 amide bonds. The van der Waals surface area contributed by atoms with Gasteiger partial charge in [-0.1, -0.05) is 48.5 Å². The fourth-order valence-corrected chi connectivity index (χ4v) is 6.08. The second-order valence-electron chi connectivity index (χ2n) is 11.4. The van der Waals surface area contributed by atoms with Crippen LogP contribution in [-0.4, -0.2) is 68.0 Å². The number of hydrogen-bond acceptors (Lipinski definition) is 8. The lowest BCUT2D eigenvalue weighted by Gasteiger charge is -2.33. The Labute approximate surface area is 271 Å². The molecule has 0 spiro atoms. The molecular formula is C36H32N4O7. The summed E-state index contributed by atoms with van der Waals surface area (Å²) in [6.07, 6.45) is 0. The van der Waals surface area contributed by atoms with Gasteiger partial charge in [-0.25, -0.2) is 0 Å². The van der Waals surface area contributed by atoms with Crippen molar-refractivity contribution in [1.29, 1.82) is 0 Å². The van der Waals surface area contributed by atoms with Gasteiger partial charge in [-0.05, 0) is 59.7 Å². The predicted octanol–water partition coefficient (Wildman–Crippen LogP) is 4.19. The average molecular weight is 633 g/mol. The highest BCUT2D eigenvalue weighted by atomic mass is 16.7. The van der Waals surface area contributed by atoms with Gasteiger partial charge < -0.3 is 29.3 Å². The first-order chi connectivity index (χ1) is 23.0. The van der Waals surface area contributed by atoms with Crippen molar-refractivity contribution in [3.8, 4) is 11.5 Å². The molecule has 4 aromatic carbocycles. The van der Waals surface area contributed by atoms with Crippen LogP contribution in [0.4, 0.5) is 17.1 Å². The summed E-state index contributed by atoms with van der Waals surface area (Å²) in [7, 11) is 0. The highest BCUT2D eigenvalue weighted by Crippen LogP contribution is 2.37. The normalized spacial score (nSPS) is 15.7. The third-order valence-electron chi connectivity index (χ3n) is 8.47. The number of anilines is 3. The van der Waals surface area contributed by atoms with E-state index in [0.717, 1.165) is 24.3 Å². The van der Waals surface area contributed by atoms with Crippen LogP contribution in [0, 0.1) is 0 Å². The number of hydrogen-bond donors (Lipinski definition) is 1. The Hall–Kier alpha value is -5.68. The van der Waals surface area contributed by atoms with E-state index in [0.29, 0.717) is 41.7 Å². The molecule has 0 saturated carbocycles. The minimum Gasteiger partial charge on any atom is -0.454 e. The summed E-state index contributed by atoms with van der Waals surface area (Å²) in [6.45, 7) is 2.54. The Bertz CT molecular complexity index is 1820. The topological polar surface area (TPSA) is 118 Å². The maximum Gasteiger partial charge on any atom is 0.299 e. The molecule has 0 aliphatic carbocycles. The van der Waals surface area contributed by atoms with Crippen molar-refractivity contribution in [2.24, 2.45) is 0 Å². The Morgan fingerprint density at radius 3 is 2.34 bits per heavy atom. The van der Waals surface area contributed by atoms with Gasteiger partial charge in [0.2, 0.25) is 12.7 Å². The fraction of sp³-hybridized carbons (Fsp3) is 0.222. The van der Waals surface area contributed by atoms with Crippen LogP contribution in [0.3, 0.4) is 0 Å². The van der Waals surface area contributed by atoms with E-state index in [-0.39, 0.29) is 18.9 Å². The van der Waals surface area contributed by atoms with Crippen LogP contribution in [0.2, 0.25) is 0 Å². The zero-order valence-electron chi connectivity index (χ0n) is 25.5. The van der Waals surface area contributed by atoms with Crippen molar-refractivity contribution in [3.63, 3.8) is 0 Å². The summed E-state index contributed by atoms with van der Waals surface area (Å²) >= 11 is 0. The largest absolute Gasteiger partial charge is 0.454 e. The van der Waals surface area contributed by atoms with Crippen LogP contribution in [-0.2, 0) is 25.7 Å². The Balaban J connectivity index is 1.23. The van der Waals surface area contributed by atoms with Crippen LogP contribution >= 0.6 is 0 Å². The molecule has 238 valence electrons. The summed E-state index contributed by atoms with van der Waals surface area (Å²) < 4.78 is 16.6. The van der Waals surface area contributed by atoms with E-state index in [4.69, 9.17) is 14.2 Å². The highest BCUT2D eigenvalue weighted by molar-refractivity contribution is 6.52. The van der Waals surface area contributed by atoms with Crippen molar-refractivity contribution in [3.05, 3.63) is 114 Å². The number of carbonyl (C=O) groups is 4. The summed E-state index contributed by atoms with van der Waals surface area (Å²) in [5, 5.41) is 3.00. The van der Waals surface area contributed by atoms with E-state index in [2.05, 4.69) is 10.2 Å². The lowest BCUT2D eigenvalue weighted by Crippen LogP contribution is -2.46. The van der Waals surface area contributed by atoms with Crippen molar-refractivity contribution in [1.82, 2.24) is 4.90 Å². The molecule has 1 unspecified atom stereocenters. The average Bonchev–Trinajstić information content (AvgIpc) is 3.67. The SMILES string of the molecule is O=C1C(=O)N(CC(=O)N(Cc2ccccc2)C(C(=O)Nc2ccc(N3CCOCC3)cc2)c2ccc3c(c2)OCO3)c2ccccc21. The Morgan fingerprint density at radius 2 is 1.55 bits per heavy atom. The van der Waals surface area contributed by atoms with Crippen LogP contribution < -0.4 is 24.6 Å². The predicted molar refractivity (Wildman–Crippen MR) is 174 cm³/mol. The molecule has 11 heteroatoms. The van der Waals surface area contributed by atoms with Gasteiger partial charge in [0.05, 0.1) is 24.5 Å². The number of amides is 3. The first-order valence-corrected chi connectivity index (χ1v) is 15.4. The Kier molecular flexibility index (Phi) is 8.28. The molecule has 47 heavy (non-hydrogen) atoms. The monoisotopic (exact) mass is 632 g/mol. The number of carbonyl (C=O) groups excluding carboxylic acids is 4. The van der Waals surface area contributed by atoms with Gasteiger partial charge in [-0.2, -0.15) is 0 Å². The zero-order chi connectivity index (χ0) is 32.3. The van der Waals surface area contributed by atoms with Crippen molar-refractivity contribution >= 4 is 40.6 Å². The summed E-state index contributed by atoms with van der Waals surface area (Å²) in [5.74, 6) is -1.46. The summed E-state index contributed by atoms with van der Waals surface area (Å²) in [6, 6.07) is 27.4. The number of nitrogens with zero attached hydrogens (tertiary/aromatic N) is 3. The Morgan fingerprint density at radius 1 is 0.830 bits per heavy atom. The molecule has 1 atom stereocenters. The minimum atomic E-state index is -1.14. The first kappa shape index (κ1) is 30.0. The highest BCUT2D eigenvalue weighted by Gasteiger charge is 2.39. The molecule has 3 aliphatic heterocycles. The van der Waals surface area contributed by atoms with Gasteiger partial charge >= 0.3 is 0 Å². The van der Waals surface area contributed by atoms with Crippen LogP contribution in [0.15, 0.2) is 97.1 Å². The number of benzene rings is 4. The van der Waals surface area contributed by atoms with Crippen LogP contribution in [0.25, 0.3) is 0 Å². The zero-order valence-corrected chi connectivity index (χ0v) is 25.5. The van der Waals surface area contributed by atoms with E-state index in [1.165, 1.54) is 9.80 Å². The smallest absolute Gasteiger partial charge is 0.299 e. The quantitative estimate of drug-likeness (QED) is 0.273. The second-order valence-corrected chi connectivity index (χ2v) is 11.4. The van der Waals surface area contributed by atoms with Crippen molar-refractivity contribution in [2.75, 3.05) is 54.8 Å². The van der Waals surface area contributed by atoms with Crippen molar-refractivity contribution in [2.45, 2.75) is 12.6 Å². The summed E-state index contributed by atoms with van der Waals surface area (Å²) in [4.78, 5) is 59.3. The number of rotatable bonds is 9. The van der Waals surface area contributed by atoms with E-state index in [9.17, 15) is 19.2 Å². The molecule has 1 saturated heterocycles. The molecule has 1 fully saturated rings. The summed E-state index contributed by atoms with van der Waals surface area (Å²) in [5.41, 5.74) is 3.44. The van der Waals surface area contributed by atoms with Gasteiger partial charge in [0.1, 0.15) is 12.6 Å². The van der Waals surface area contributed by atoms with Gasteiger partial charge in [-0.15, -0.1) is 0 Å². The molecule has 1 N–H and O–H groups in total. The van der Waals surface area contributed by atoms with Gasteiger partial charge in [-0.3, -0.25) is 24.1 Å². The lowest BCUT2D eigenvalue weighted by atomic mass is 10.0. The van der Waals surface area contributed by atoms with Gasteiger partial charge in [0.25, 0.3) is 17.6 Å². The van der Waals surface area contributed by atoms with Crippen molar-refractivity contribution < 1.29 is 33.4 Å². The number of morpholine rings is 1. The number of Topliss-reactive ketones (excluding diaryl/α,β-unsaturated/α-hetero) is 1. The van der Waals surface area contributed by atoms with Gasteiger partial charge in [0.15, 0.2) is 11.5 Å². The maximum atomic E-state index is 14.4. The molecule has 7 rings (SSSR count). The van der Waals surface area contributed by atoms with E-state index < -0.39 is 36.1 Å². The molecule has 11 nitrogen and oxygen atoms in total.